The summed E-state index contributed by atoms with van der Waals surface area (Å²) in [5.74, 6) is 0.572. The molecule has 101 valence electrons. The van der Waals surface area contributed by atoms with Crippen LogP contribution in [0, 0.1) is 6.42 Å². The van der Waals surface area contributed by atoms with Crippen LogP contribution in [0.2, 0.25) is 0 Å². The monoisotopic (exact) mass is 268 g/mol. The lowest BCUT2D eigenvalue weighted by atomic mass is 10.1. The Labute approximate surface area is 109 Å². The molecular formula is C14H13F3NO. The maximum absolute atomic E-state index is 12.4. The SMILES string of the molecule is NC1=C(OCc2ccc(C(F)(F)F)cc2)[CH]CC=C1. The van der Waals surface area contributed by atoms with Crippen molar-refractivity contribution < 1.29 is 17.9 Å². The van der Waals surface area contributed by atoms with Crippen molar-refractivity contribution >= 4 is 0 Å². The number of allylic oxidation sites excluding steroid dienone is 3. The van der Waals surface area contributed by atoms with Gasteiger partial charge in [0.15, 0.2) is 0 Å². The van der Waals surface area contributed by atoms with Gasteiger partial charge in [0.05, 0.1) is 11.3 Å². The third-order valence-electron chi connectivity index (χ3n) is 2.70. The smallest absolute Gasteiger partial charge is 0.416 e. The van der Waals surface area contributed by atoms with Gasteiger partial charge in [0.1, 0.15) is 12.4 Å². The minimum atomic E-state index is -4.31. The Kier molecular flexibility index (Phi) is 3.83. The van der Waals surface area contributed by atoms with Gasteiger partial charge in [0.2, 0.25) is 0 Å². The highest BCUT2D eigenvalue weighted by Gasteiger charge is 2.29. The molecule has 0 amide bonds. The second-order valence-electron chi connectivity index (χ2n) is 4.15. The summed E-state index contributed by atoms with van der Waals surface area (Å²) in [6.07, 6.45) is 1.92. The van der Waals surface area contributed by atoms with E-state index in [1.165, 1.54) is 12.1 Å². The van der Waals surface area contributed by atoms with Crippen LogP contribution < -0.4 is 5.73 Å². The third kappa shape index (κ3) is 3.53. The van der Waals surface area contributed by atoms with E-state index < -0.39 is 11.7 Å². The van der Waals surface area contributed by atoms with Gasteiger partial charge in [-0.1, -0.05) is 18.2 Å². The first-order valence-corrected chi connectivity index (χ1v) is 5.75. The zero-order chi connectivity index (χ0) is 13.9. The highest BCUT2D eigenvalue weighted by Crippen LogP contribution is 2.29. The topological polar surface area (TPSA) is 35.2 Å². The number of alkyl halides is 3. The summed E-state index contributed by atoms with van der Waals surface area (Å²) in [4.78, 5) is 0. The number of hydrogen-bond acceptors (Lipinski definition) is 2. The molecule has 0 aromatic heterocycles. The van der Waals surface area contributed by atoms with Crippen molar-refractivity contribution in [2.75, 3.05) is 0 Å². The number of hydrogen-bond donors (Lipinski definition) is 1. The van der Waals surface area contributed by atoms with Crippen molar-refractivity contribution in [1.82, 2.24) is 0 Å². The minimum absolute atomic E-state index is 0.193. The first kappa shape index (κ1) is 13.5. The maximum Gasteiger partial charge on any atom is 0.416 e. The molecule has 0 bridgehead atoms. The molecule has 0 heterocycles. The quantitative estimate of drug-likeness (QED) is 0.909. The summed E-state index contributed by atoms with van der Waals surface area (Å²) in [6.45, 7) is 0.193. The average molecular weight is 268 g/mol. The van der Waals surface area contributed by atoms with Crippen molar-refractivity contribution in [3.8, 4) is 0 Å². The summed E-state index contributed by atoms with van der Waals surface area (Å²) in [5.41, 5.74) is 6.24. The molecule has 2 rings (SSSR count). The largest absolute Gasteiger partial charge is 0.491 e. The summed E-state index contributed by atoms with van der Waals surface area (Å²) < 4.78 is 42.6. The minimum Gasteiger partial charge on any atom is -0.491 e. The molecule has 1 aliphatic carbocycles. The Morgan fingerprint density at radius 2 is 1.84 bits per heavy atom. The van der Waals surface area contributed by atoms with Gasteiger partial charge in [-0.2, -0.15) is 13.2 Å². The maximum atomic E-state index is 12.4. The fourth-order valence-corrected chi connectivity index (χ4v) is 1.66. The molecule has 0 unspecified atom stereocenters. The molecule has 0 aliphatic heterocycles. The van der Waals surface area contributed by atoms with Crippen LogP contribution in [0.1, 0.15) is 17.5 Å². The van der Waals surface area contributed by atoms with Gasteiger partial charge in [0.25, 0.3) is 0 Å². The summed E-state index contributed by atoms with van der Waals surface area (Å²) in [6, 6.07) is 4.89. The predicted molar refractivity (Wildman–Crippen MR) is 65.5 cm³/mol. The van der Waals surface area contributed by atoms with Gasteiger partial charge in [-0.05, 0) is 30.2 Å². The molecule has 1 radical (unpaired) electrons. The zero-order valence-electron chi connectivity index (χ0n) is 10.1. The Morgan fingerprint density at radius 1 is 1.16 bits per heavy atom. The molecular weight excluding hydrogens is 255 g/mol. The molecule has 2 nitrogen and oxygen atoms in total. The lowest BCUT2D eigenvalue weighted by molar-refractivity contribution is -0.137. The molecule has 19 heavy (non-hydrogen) atoms. The highest BCUT2D eigenvalue weighted by atomic mass is 19.4. The number of halogens is 3. The number of nitrogens with two attached hydrogens (primary N) is 1. The van der Waals surface area contributed by atoms with Gasteiger partial charge < -0.3 is 10.5 Å². The average Bonchev–Trinajstić information content (AvgIpc) is 2.37. The zero-order valence-corrected chi connectivity index (χ0v) is 10.1. The first-order chi connectivity index (χ1) is 8.97. The fourth-order valence-electron chi connectivity index (χ4n) is 1.66. The summed E-state index contributed by atoms with van der Waals surface area (Å²) >= 11 is 0. The molecule has 0 saturated carbocycles. The lowest BCUT2D eigenvalue weighted by Gasteiger charge is -2.14. The van der Waals surface area contributed by atoms with Gasteiger partial charge in [-0.3, -0.25) is 0 Å². The van der Waals surface area contributed by atoms with Gasteiger partial charge >= 0.3 is 6.18 Å². The van der Waals surface area contributed by atoms with Crippen molar-refractivity contribution in [2.24, 2.45) is 5.73 Å². The molecule has 1 aromatic carbocycles. The molecule has 0 saturated heterocycles. The van der Waals surface area contributed by atoms with E-state index in [0.717, 1.165) is 18.6 Å². The summed E-state index contributed by atoms with van der Waals surface area (Å²) in [7, 11) is 0. The van der Waals surface area contributed by atoms with Crippen molar-refractivity contribution in [1.29, 1.82) is 0 Å². The van der Waals surface area contributed by atoms with Gasteiger partial charge in [-0.15, -0.1) is 0 Å². The third-order valence-corrected chi connectivity index (χ3v) is 2.70. The fraction of sp³-hybridized carbons (Fsp3) is 0.214. The van der Waals surface area contributed by atoms with E-state index >= 15 is 0 Å². The lowest BCUT2D eigenvalue weighted by Crippen LogP contribution is -2.08. The Bertz CT molecular complexity index is 500. The van der Waals surface area contributed by atoms with E-state index in [2.05, 4.69) is 0 Å². The molecule has 5 heteroatoms. The van der Waals surface area contributed by atoms with E-state index in [1.807, 2.05) is 12.5 Å². The van der Waals surface area contributed by atoms with Crippen LogP contribution in [0.15, 0.2) is 47.9 Å². The van der Waals surface area contributed by atoms with E-state index in [9.17, 15) is 13.2 Å². The number of ether oxygens (including phenoxy) is 1. The number of benzene rings is 1. The van der Waals surface area contributed by atoms with E-state index in [0.29, 0.717) is 17.0 Å². The molecule has 0 fully saturated rings. The molecule has 1 aromatic rings. The second kappa shape index (κ2) is 5.38. The standard InChI is InChI=1S/C14H13F3NO/c15-14(16,17)11-7-5-10(6-8-11)9-19-13-4-2-1-3-12(13)18/h1,3-8H,2,9,18H2. The van der Waals surface area contributed by atoms with E-state index in [-0.39, 0.29) is 6.61 Å². The van der Waals surface area contributed by atoms with Crippen LogP contribution in [0.3, 0.4) is 0 Å². The van der Waals surface area contributed by atoms with Crippen LogP contribution in [-0.2, 0) is 17.5 Å². The van der Waals surface area contributed by atoms with Gasteiger partial charge in [-0.25, -0.2) is 0 Å². The van der Waals surface area contributed by atoms with Crippen LogP contribution in [0.4, 0.5) is 13.2 Å². The van der Waals surface area contributed by atoms with Crippen molar-refractivity contribution in [2.45, 2.75) is 19.2 Å². The van der Waals surface area contributed by atoms with Gasteiger partial charge in [0, 0.05) is 6.42 Å². The van der Waals surface area contributed by atoms with E-state index in [4.69, 9.17) is 10.5 Å². The second-order valence-corrected chi connectivity index (χ2v) is 4.15. The highest BCUT2D eigenvalue weighted by molar-refractivity contribution is 5.30. The van der Waals surface area contributed by atoms with E-state index in [1.54, 1.807) is 6.08 Å². The van der Waals surface area contributed by atoms with Crippen LogP contribution in [-0.4, -0.2) is 0 Å². The molecule has 0 atom stereocenters. The van der Waals surface area contributed by atoms with Crippen molar-refractivity contribution in [3.05, 3.63) is 65.4 Å². The first-order valence-electron chi connectivity index (χ1n) is 5.75. The predicted octanol–water partition coefficient (Wildman–Crippen LogP) is 3.56. The Morgan fingerprint density at radius 3 is 2.42 bits per heavy atom. The van der Waals surface area contributed by atoms with Crippen molar-refractivity contribution in [3.63, 3.8) is 0 Å². The molecule has 1 aliphatic rings. The molecule has 0 spiro atoms. The Hall–Kier alpha value is -1.91. The molecule has 2 N–H and O–H groups in total. The summed E-state index contributed by atoms with van der Waals surface area (Å²) in [5, 5.41) is 0. The normalized spacial score (nSPS) is 15.7. The van der Waals surface area contributed by atoms with Crippen LogP contribution in [0.25, 0.3) is 0 Å². The number of rotatable bonds is 3. The Balaban J connectivity index is 1.99. The van der Waals surface area contributed by atoms with Crippen LogP contribution in [0.5, 0.6) is 0 Å². The van der Waals surface area contributed by atoms with Crippen LogP contribution >= 0.6 is 0 Å².